The summed E-state index contributed by atoms with van der Waals surface area (Å²) in [7, 11) is 0. The van der Waals surface area contributed by atoms with E-state index in [0.29, 0.717) is 18.1 Å². The highest BCUT2D eigenvalue weighted by Crippen LogP contribution is 2.24. The molecular formula is C21H20N4O4S. The first kappa shape index (κ1) is 21.1. The van der Waals surface area contributed by atoms with Crippen molar-refractivity contribution in [3.05, 3.63) is 75.7 Å². The summed E-state index contributed by atoms with van der Waals surface area (Å²) in [4.78, 5) is 41.5. The topological polar surface area (TPSA) is 105 Å². The zero-order valence-electron chi connectivity index (χ0n) is 16.3. The highest BCUT2D eigenvalue weighted by Gasteiger charge is 2.20. The normalized spacial score (nSPS) is 10.4. The van der Waals surface area contributed by atoms with Crippen LogP contribution in [-0.2, 0) is 4.79 Å². The Morgan fingerprint density at radius 2 is 1.93 bits per heavy atom. The molecule has 0 saturated heterocycles. The Bertz CT molecular complexity index is 1050. The lowest BCUT2D eigenvalue weighted by molar-refractivity contribution is -0.384. The molecule has 0 aliphatic rings. The zero-order chi connectivity index (χ0) is 21.5. The molecule has 0 aliphatic carbocycles. The number of carbonyl (C=O) groups excluding carboxylic acids is 2. The summed E-state index contributed by atoms with van der Waals surface area (Å²) in [5.41, 5.74) is 1.71. The second-order valence-electron chi connectivity index (χ2n) is 6.49. The van der Waals surface area contributed by atoms with E-state index in [1.165, 1.54) is 40.5 Å². The van der Waals surface area contributed by atoms with Gasteiger partial charge < -0.3 is 10.2 Å². The van der Waals surface area contributed by atoms with Crippen molar-refractivity contribution in [2.24, 2.45) is 0 Å². The van der Waals surface area contributed by atoms with Crippen LogP contribution in [0.1, 0.15) is 23.7 Å². The molecule has 0 unspecified atom stereocenters. The second-order valence-corrected chi connectivity index (χ2v) is 7.34. The van der Waals surface area contributed by atoms with Gasteiger partial charge >= 0.3 is 0 Å². The van der Waals surface area contributed by atoms with Crippen molar-refractivity contribution in [2.75, 3.05) is 18.4 Å². The number of rotatable bonds is 8. The van der Waals surface area contributed by atoms with Gasteiger partial charge in [0.05, 0.1) is 10.6 Å². The maximum absolute atomic E-state index is 12.8. The standard InChI is InChI=1S/C21H20N4O4S/c1-2-11-24(20(27)16-9-6-10-17(12-16)25(28)29)13-19(26)23-21-22-18(14-30-21)15-7-4-3-5-8-15/h3-10,12,14H,2,11,13H2,1H3,(H,22,23,26). The zero-order valence-corrected chi connectivity index (χ0v) is 17.1. The third-order valence-corrected chi connectivity index (χ3v) is 5.00. The number of aromatic nitrogens is 1. The van der Waals surface area contributed by atoms with E-state index in [1.807, 2.05) is 42.6 Å². The Labute approximate surface area is 177 Å². The summed E-state index contributed by atoms with van der Waals surface area (Å²) in [6.07, 6.45) is 0.642. The van der Waals surface area contributed by atoms with Gasteiger partial charge in [-0.2, -0.15) is 0 Å². The van der Waals surface area contributed by atoms with Gasteiger partial charge in [0.1, 0.15) is 6.54 Å². The van der Waals surface area contributed by atoms with Crippen LogP contribution in [0.25, 0.3) is 11.3 Å². The molecule has 2 amide bonds. The van der Waals surface area contributed by atoms with E-state index in [9.17, 15) is 19.7 Å². The minimum Gasteiger partial charge on any atom is -0.329 e. The monoisotopic (exact) mass is 424 g/mol. The van der Waals surface area contributed by atoms with Crippen LogP contribution >= 0.6 is 11.3 Å². The van der Waals surface area contributed by atoms with Crippen molar-refractivity contribution < 1.29 is 14.5 Å². The number of amides is 2. The summed E-state index contributed by atoms with van der Waals surface area (Å²) < 4.78 is 0. The van der Waals surface area contributed by atoms with E-state index in [0.717, 1.165) is 11.3 Å². The lowest BCUT2D eigenvalue weighted by atomic mass is 10.1. The van der Waals surface area contributed by atoms with Gasteiger partial charge in [-0.15, -0.1) is 11.3 Å². The van der Waals surface area contributed by atoms with Crippen LogP contribution in [0.4, 0.5) is 10.8 Å². The first-order valence-electron chi connectivity index (χ1n) is 9.32. The predicted octanol–water partition coefficient (Wildman–Crippen LogP) is 4.21. The first-order valence-corrected chi connectivity index (χ1v) is 10.2. The van der Waals surface area contributed by atoms with Gasteiger partial charge in [0, 0.05) is 35.2 Å². The minimum atomic E-state index is -0.555. The number of non-ortho nitro benzene ring substituents is 1. The van der Waals surface area contributed by atoms with Crippen molar-refractivity contribution in [1.82, 2.24) is 9.88 Å². The number of hydrogen-bond acceptors (Lipinski definition) is 6. The Morgan fingerprint density at radius 1 is 1.17 bits per heavy atom. The third-order valence-electron chi connectivity index (χ3n) is 4.24. The molecule has 8 nitrogen and oxygen atoms in total. The molecule has 0 saturated carbocycles. The molecule has 9 heteroatoms. The predicted molar refractivity (Wildman–Crippen MR) is 115 cm³/mol. The van der Waals surface area contributed by atoms with Gasteiger partial charge in [-0.3, -0.25) is 19.7 Å². The number of benzene rings is 2. The van der Waals surface area contributed by atoms with Gasteiger partial charge in [0.25, 0.3) is 11.6 Å². The van der Waals surface area contributed by atoms with E-state index in [2.05, 4.69) is 10.3 Å². The Balaban J connectivity index is 1.68. The summed E-state index contributed by atoms with van der Waals surface area (Å²) in [6.45, 7) is 2.07. The molecule has 3 aromatic rings. The SMILES string of the molecule is CCCN(CC(=O)Nc1nc(-c2ccccc2)cs1)C(=O)c1cccc([N+](=O)[O-])c1. The summed E-state index contributed by atoms with van der Waals surface area (Å²) in [5, 5.41) is 16.0. The fourth-order valence-corrected chi connectivity index (χ4v) is 3.60. The van der Waals surface area contributed by atoms with Crippen molar-refractivity contribution in [3.63, 3.8) is 0 Å². The quantitative estimate of drug-likeness (QED) is 0.431. The molecule has 2 aromatic carbocycles. The maximum atomic E-state index is 12.8. The van der Waals surface area contributed by atoms with Gasteiger partial charge in [0.2, 0.25) is 5.91 Å². The summed E-state index contributed by atoms with van der Waals surface area (Å²) >= 11 is 1.30. The highest BCUT2D eigenvalue weighted by molar-refractivity contribution is 7.14. The number of nitrogens with one attached hydrogen (secondary N) is 1. The van der Waals surface area contributed by atoms with Crippen LogP contribution in [0.2, 0.25) is 0 Å². The fraction of sp³-hybridized carbons (Fsp3) is 0.190. The molecule has 0 fully saturated rings. The van der Waals surface area contributed by atoms with E-state index in [1.54, 1.807) is 0 Å². The molecule has 1 N–H and O–H groups in total. The van der Waals surface area contributed by atoms with Crippen molar-refractivity contribution in [2.45, 2.75) is 13.3 Å². The molecule has 1 heterocycles. The number of thiazole rings is 1. The second kappa shape index (κ2) is 9.75. The van der Waals surface area contributed by atoms with E-state index in [4.69, 9.17) is 0 Å². The van der Waals surface area contributed by atoms with E-state index in [-0.39, 0.29) is 23.7 Å². The average molecular weight is 424 g/mol. The van der Waals surface area contributed by atoms with Gasteiger partial charge in [-0.05, 0) is 12.5 Å². The summed E-state index contributed by atoms with van der Waals surface area (Å²) in [6, 6.07) is 15.1. The van der Waals surface area contributed by atoms with Gasteiger partial charge in [0.15, 0.2) is 5.13 Å². The van der Waals surface area contributed by atoms with Crippen LogP contribution in [0, 0.1) is 10.1 Å². The first-order chi connectivity index (χ1) is 14.5. The van der Waals surface area contributed by atoms with Crippen molar-refractivity contribution >= 4 is 34.0 Å². The maximum Gasteiger partial charge on any atom is 0.270 e. The number of nitrogens with zero attached hydrogens (tertiary/aromatic N) is 3. The highest BCUT2D eigenvalue weighted by atomic mass is 32.1. The van der Waals surface area contributed by atoms with E-state index < -0.39 is 10.8 Å². The number of nitro benzene ring substituents is 1. The van der Waals surface area contributed by atoms with Crippen molar-refractivity contribution in [3.8, 4) is 11.3 Å². The molecule has 1 aromatic heterocycles. The van der Waals surface area contributed by atoms with Gasteiger partial charge in [-0.25, -0.2) is 4.98 Å². The molecule has 154 valence electrons. The van der Waals surface area contributed by atoms with E-state index >= 15 is 0 Å². The molecule has 0 spiro atoms. The molecule has 0 bridgehead atoms. The van der Waals surface area contributed by atoms with Gasteiger partial charge in [-0.1, -0.05) is 43.3 Å². The Kier molecular flexibility index (Phi) is 6.87. The third kappa shape index (κ3) is 5.26. The number of hydrogen-bond donors (Lipinski definition) is 1. The molecule has 30 heavy (non-hydrogen) atoms. The lowest BCUT2D eigenvalue weighted by Gasteiger charge is -2.21. The number of anilines is 1. The number of nitro groups is 1. The molecular weight excluding hydrogens is 404 g/mol. The van der Waals surface area contributed by atoms with Crippen LogP contribution in [0.15, 0.2) is 60.0 Å². The van der Waals surface area contributed by atoms with Crippen LogP contribution in [-0.4, -0.2) is 39.7 Å². The Morgan fingerprint density at radius 3 is 2.63 bits per heavy atom. The molecule has 0 atom stereocenters. The largest absolute Gasteiger partial charge is 0.329 e. The summed E-state index contributed by atoms with van der Waals surface area (Å²) in [5.74, 6) is -0.809. The average Bonchev–Trinajstić information content (AvgIpc) is 3.22. The van der Waals surface area contributed by atoms with Crippen LogP contribution in [0.5, 0.6) is 0 Å². The van der Waals surface area contributed by atoms with Crippen LogP contribution in [0.3, 0.4) is 0 Å². The lowest BCUT2D eigenvalue weighted by Crippen LogP contribution is -2.38. The fourth-order valence-electron chi connectivity index (χ4n) is 2.86. The minimum absolute atomic E-state index is 0.169. The number of carbonyl (C=O) groups is 2. The molecule has 0 aliphatic heterocycles. The van der Waals surface area contributed by atoms with Crippen LogP contribution < -0.4 is 5.32 Å². The molecule has 0 radical (unpaired) electrons. The van der Waals surface area contributed by atoms with Crippen molar-refractivity contribution in [1.29, 1.82) is 0 Å². The Hall–Kier alpha value is -3.59. The molecule has 3 rings (SSSR count). The smallest absolute Gasteiger partial charge is 0.270 e.